The number of benzene rings is 1. The Morgan fingerprint density at radius 2 is 1.83 bits per heavy atom. The predicted molar refractivity (Wildman–Crippen MR) is 76.4 cm³/mol. The molecule has 0 aromatic heterocycles. The number of aliphatic hydroxyl groups is 2. The summed E-state index contributed by atoms with van der Waals surface area (Å²) in [6, 6.07) is 5.11. The molecule has 2 unspecified atom stereocenters. The van der Waals surface area contributed by atoms with E-state index in [0.29, 0.717) is 5.56 Å². The lowest BCUT2D eigenvalue weighted by Crippen LogP contribution is -2.22. The average Bonchev–Trinajstić information content (AvgIpc) is 2.38. The number of alkyl halides is 1. The van der Waals surface area contributed by atoms with Crippen LogP contribution < -0.4 is 4.90 Å². The summed E-state index contributed by atoms with van der Waals surface area (Å²) in [5.41, 5.74) is 1.25. The molecule has 1 rings (SSSR count). The number of phenolic OH excluding ortho intramolecular Hbond substituents is 1. The maximum absolute atomic E-state index is 9.93. The topological polar surface area (TPSA) is 63.9 Å². The summed E-state index contributed by atoms with van der Waals surface area (Å²) in [6.45, 7) is 5.78. The first-order valence-corrected chi connectivity index (χ1v) is 7.17. The molecular weight excluding hydrogens is 298 g/mol. The molecular formula is C13H20BrNO3. The Labute approximate surface area is 116 Å². The number of halogens is 1. The molecule has 0 aliphatic heterocycles. The van der Waals surface area contributed by atoms with E-state index < -0.39 is 12.2 Å². The van der Waals surface area contributed by atoms with Crippen molar-refractivity contribution < 1.29 is 15.3 Å². The lowest BCUT2D eigenvalue weighted by Gasteiger charge is -2.23. The highest BCUT2D eigenvalue weighted by atomic mass is 79.9. The number of hydrogen-bond donors (Lipinski definition) is 3. The van der Waals surface area contributed by atoms with Gasteiger partial charge in [0.1, 0.15) is 11.9 Å². The third-order valence-electron chi connectivity index (χ3n) is 2.98. The number of aliphatic hydroxyl groups excluding tert-OH is 2. The Hall–Kier alpha value is -0.780. The smallest absolute Gasteiger partial charge is 0.123 e. The second-order valence-corrected chi connectivity index (χ2v) is 4.73. The summed E-state index contributed by atoms with van der Waals surface area (Å²) in [7, 11) is 0. The van der Waals surface area contributed by atoms with Crippen LogP contribution in [0.3, 0.4) is 0 Å². The quantitative estimate of drug-likeness (QED) is 0.702. The maximum Gasteiger partial charge on any atom is 0.123 e. The molecule has 4 nitrogen and oxygen atoms in total. The van der Waals surface area contributed by atoms with Crippen molar-refractivity contribution in [2.75, 3.05) is 23.3 Å². The Morgan fingerprint density at radius 3 is 2.28 bits per heavy atom. The van der Waals surface area contributed by atoms with E-state index in [1.54, 1.807) is 12.1 Å². The molecule has 0 radical (unpaired) electrons. The van der Waals surface area contributed by atoms with Gasteiger partial charge < -0.3 is 20.2 Å². The van der Waals surface area contributed by atoms with Crippen LogP contribution in [0.2, 0.25) is 0 Å². The fourth-order valence-corrected chi connectivity index (χ4v) is 2.21. The van der Waals surface area contributed by atoms with Gasteiger partial charge in [0.15, 0.2) is 0 Å². The van der Waals surface area contributed by atoms with Gasteiger partial charge in [-0.2, -0.15) is 0 Å². The van der Waals surface area contributed by atoms with Gasteiger partial charge >= 0.3 is 0 Å². The third kappa shape index (κ3) is 3.37. The van der Waals surface area contributed by atoms with Crippen molar-refractivity contribution in [1.29, 1.82) is 0 Å². The normalized spacial score (nSPS) is 14.3. The van der Waals surface area contributed by atoms with E-state index in [4.69, 9.17) is 0 Å². The van der Waals surface area contributed by atoms with Crippen LogP contribution in [0.5, 0.6) is 5.75 Å². The third-order valence-corrected chi connectivity index (χ3v) is 3.65. The average molecular weight is 318 g/mol. The molecule has 1 aromatic rings. The number of aromatic hydroxyl groups is 1. The second-order valence-electron chi connectivity index (χ2n) is 4.08. The number of rotatable bonds is 6. The molecule has 5 heteroatoms. The van der Waals surface area contributed by atoms with Crippen LogP contribution in [0.1, 0.15) is 25.5 Å². The molecule has 0 saturated heterocycles. The molecule has 3 N–H and O–H groups in total. The lowest BCUT2D eigenvalue weighted by molar-refractivity contribution is 0.0328. The number of phenols is 1. The fourth-order valence-electron chi connectivity index (χ4n) is 1.86. The van der Waals surface area contributed by atoms with Gasteiger partial charge in [0.05, 0.1) is 6.10 Å². The highest BCUT2D eigenvalue weighted by Gasteiger charge is 2.20. The zero-order valence-electron chi connectivity index (χ0n) is 10.7. The van der Waals surface area contributed by atoms with Crippen molar-refractivity contribution >= 4 is 21.6 Å². The van der Waals surface area contributed by atoms with Crippen LogP contribution in [-0.4, -0.2) is 39.8 Å². The van der Waals surface area contributed by atoms with E-state index in [2.05, 4.69) is 20.8 Å². The summed E-state index contributed by atoms with van der Waals surface area (Å²) in [4.78, 5) is 2.09. The van der Waals surface area contributed by atoms with Crippen molar-refractivity contribution in [2.24, 2.45) is 0 Å². The first-order chi connectivity index (χ1) is 8.54. The van der Waals surface area contributed by atoms with Gasteiger partial charge in [0, 0.05) is 35.7 Å². The first-order valence-electron chi connectivity index (χ1n) is 6.05. The molecule has 18 heavy (non-hydrogen) atoms. The standard InChI is InChI=1S/C13H20BrNO3/c1-3-15(4-2)9-5-6-10(11(16)7-9)13(18)12(17)8-14/h5-7,12-13,16-18H,3-4,8H2,1-2H3. The van der Waals surface area contributed by atoms with Crippen LogP contribution in [0.15, 0.2) is 18.2 Å². The van der Waals surface area contributed by atoms with Crippen molar-refractivity contribution in [3.05, 3.63) is 23.8 Å². The van der Waals surface area contributed by atoms with Crippen LogP contribution in [0, 0.1) is 0 Å². The van der Waals surface area contributed by atoms with Crippen molar-refractivity contribution in [3.8, 4) is 5.75 Å². The summed E-state index contributed by atoms with van der Waals surface area (Å²) < 4.78 is 0. The zero-order valence-corrected chi connectivity index (χ0v) is 12.3. The van der Waals surface area contributed by atoms with E-state index in [-0.39, 0.29) is 11.1 Å². The molecule has 2 atom stereocenters. The summed E-state index contributed by atoms with van der Waals surface area (Å²) in [5.74, 6) is 0.00639. The molecule has 0 aliphatic rings. The number of anilines is 1. The number of nitrogens with zero attached hydrogens (tertiary/aromatic N) is 1. The summed E-state index contributed by atoms with van der Waals surface area (Å²) in [5, 5.41) is 29.6. The van der Waals surface area contributed by atoms with Crippen LogP contribution >= 0.6 is 15.9 Å². The van der Waals surface area contributed by atoms with Gasteiger partial charge in [0.2, 0.25) is 0 Å². The fraction of sp³-hybridized carbons (Fsp3) is 0.538. The second kappa shape index (κ2) is 6.97. The van der Waals surface area contributed by atoms with Crippen LogP contribution in [0.4, 0.5) is 5.69 Å². The highest BCUT2D eigenvalue weighted by Crippen LogP contribution is 2.31. The van der Waals surface area contributed by atoms with Crippen molar-refractivity contribution in [3.63, 3.8) is 0 Å². The molecule has 0 fully saturated rings. The molecule has 1 aromatic carbocycles. The Balaban J connectivity index is 2.99. The minimum absolute atomic E-state index is 0.00639. The summed E-state index contributed by atoms with van der Waals surface area (Å²) >= 11 is 3.10. The molecule has 0 amide bonds. The first kappa shape index (κ1) is 15.3. The number of hydrogen-bond acceptors (Lipinski definition) is 4. The van der Waals surface area contributed by atoms with Crippen molar-refractivity contribution in [2.45, 2.75) is 26.1 Å². The maximum atomic E-state index is 9.93. The van der Waals surface area contributed by atoms with E-state index in [0.717, 1.165) is 18.8 Å². The van der Waals surface area contributed by atoms with Gasteiger partial charge in [-0.05, 0) is 19.9 Å². The van der Waals surface area contributed by atoms with E-state index in [1.807, 2.05) is 19.9 Å². The zero-order chi connectivity index (χ0) is 13.7. The van der Waals surface area contributed by atoms with E-state index in [1.165, 1.54) is 0 Å². The lowest BCUT2D eigenvalue weighted by atomic mass is 10.0. The largest absolute Gasteiger partial charge is 0.507 e. The van der Waals surface area contributed by atoms with Gasteiger partial charge in [-0.1, -0.05) is 22.0 Å². The van der Waals surface area contributed by atoms with Gasteiger partial charge in [-0.3, -0.25) is 0 Å². The van der Waals surface area contributed by atoms with Gasteiger partial charge in [0.25, 0.3) is 0 Å². The van der Waals surface area contributed by atoms with E-state index >= 15 is 0 Å². The molecule has 0 saturated carbocycles. The minimum Gasteiger partial charge on any atom is -0.507 e. The van der Waals surface area contributed by atoms with Crippen LogP contribution in [-0.2, 0) is 0 Å². The summed E-state index contributed by atoms with van der Waals surface area (Å²) in [6.07, 6.45) is -2.02. The predicted octanol–water partition coefficient (Wildman–Crippen LogP) is 2.03. The Bertz CT molecular complexity index is 382. The SMILES string of the molecule is CCN(CC)c1ccc(C(O)C(O)CBr)c(O)c1. The Kier molecular flexibility index (Phi) is 5.91. The minimum atomic E-state index is -1.09. The monoisotopic (exact) mass is 317 g/mol. The molecule has 0 bridgehead atoms. The highest BCUT2D eigenvalue weighted by molar-refractivity contribution is 9.09. The van der Waals surface area contributed by atoms with Crippen LogP contribution in [0.25, 0.3) is 0 Å². The molecule has 0 aliphatic carbocycles. The van der Waals surface area contributed by atoms with Gasteiger partial charge in [-0.15, -0.1) is 0 Å². The Morgan fingerprint density at radius 1 is 1.22 bits per heavy atom. The molecule has 102 valence electrons. The molecule has 0 heterocycles. The van der Waals surface area contributed by atoms with E-state index in [9.17, 15) is 15.3 Å². The molecule has 0 spiro atoms. The van der Waals surface area contributed by atoms with Gasteiger partial charge in [-0.25, -0.2) is 0 Å². The van der Waals surface area contributed by atoms with Crippen molar-refractivity contribution in [1.82, 2.24) is 0 Å².